The lowest BCUT2D eigenvalue weighted by molar-refractivity contribution is 0.107. The van der Waals surface area contributed by atoms with Crippen LogP contribution < -0.4 is 15.2 Å². The van der Waals surface area contributed by atoms with Crippen LogP contribution in [-0.4, -0.2) is 18.8 Å². The van der Waals surface area contributed by atoms with Crippen molar-refractivity contribution in [1.82, 2.24) is 0 Å². The number of anilines is 1. The Morgan fingerprint density at radius 2 is 1.68 bits per heavy atom. The van der Waals surface area contributed by atoms with Gasteiger partial charge in [-0.2, -0.15) is 0 Å². The van der Waals surface area contributed by atoms with E-state index in [9.17, 15) is 5.11 Å². The van der Waals surface area contributed by atoms with E-state index in [4.69, 9.17) is 15.2 Å². The lowest BCUT2D eigenvalue weighted by Crippen LogP contribution is -2.11. The molecule has 0 saturated carbocycles. The summed E-state index contributed by atoms with van der Waals surface area (Å²) in [5.74, 6) is 1.23. The second kappa shape index (κ2) is 6.11. The average Bonchev–Trinajstić information content (AvgIpc) is 2.45. The largest absolute Gasteiger partial charge is 0.493 e. The van der Waals surface area contributed by atoms with Gasteiger partial charge in [-0.15, -0.1) is 0 Å². The summed E-state index contributed by atoms with van der Waals surface area (Å²) in [6.45, 7) is 0.120. The lowest BCUT2D eigenvalue weighted by Gasteiger charge is -2.15. The summed E-state index contributed by atoms with van der Waals surface area (Å²) in [7, 11) is 1.58. The zero-order chi connectivity index (χ0) is 13.7. The second-order valence-corrected chi connectivity index (χ2v) is 4.11. The first-order valence-corrected chi connectivity index (χ1v) is 6.00. The highest BCUT2D eigenvalue weighted by atomic mass is 16.5. The summed E-state index contributed by atoms with van der Waals surface area (Å²) in [6, 6.07) is 14.5. The predicted molar refractivity (Wildman–Crippen MR) is 74.3 cm³/mol. The molecular formula is C15H17NO3. The van der Waals surface area contributed by atoms with Crippen molar-refractivity contribution < 1.29 is 14.6 Å². The quantitative estimate of drug-likeness (QED) is 0.809. The number of nitrogen functional groups attached to an aromatic ring is 1. The van der Waals surface area contributed by atoms with Gasteiger partial charge in [0.15, 0.2) is 11.5 Å². The Morgan fingerprint density at radius 1 is 1.05 bits per heavy atom. The first-order chi connectivity index (χ1) is 9.22. The SMILES string of the molecule is COc1ccccc1OCC(O)c1ccccc1N. The van der Waals surface area contributed by atoms with Crippen LogP contribution in [0.15, 0.2) is 48.5 Å². The summed E-state index contributed by atoms with van der Waals surface area (Å²) in [5, 5.41) is 10.1. The van der Waals surface area contributed by atoms with Gasteiger partial charge < -0.3 is 20.3 Å². The second-order valence-electron chi connectivity index (χ2n) is 4.11. The van der Waals surface area contributed by atoms with E-state index in [2.05, 4.69) is 0 Å². The lowest BCUT2D eigenvalue weighted by atomic mass is 10.1. The van der Waals surface area contributed by atoms with E-state index in [0.29, 0.717) is 22.7 Å². The van der Waals surface area contributed by atoms with Crippen molar-refractivity contribution in [2.45, 2.75) is 6.10 Å². The van der Waals surface area contributed by atoms with Crippen molar-refractivity contribution in [3.8, 4) is 11.5 Å². The van der Waals surface area contributed by atoms with Crippen molar-refractivity contribution >= 4 is 5.69 Å². The Hall–Kier alpha value is -2.20. The average molecular weight is 259 g/mol. The normalized spacial score (nSPS) is 11.9. The molecular weight excluding hydrogens is 242 g/mol. The van der Waals surface area contributed by atoms with Gasteiger partial charge in [0.05, 0.1) is 7.11 Å². The number of aliphatic hydroxyl groups excluding tert-OH is 1. The molecule has 1 unspecified atom stereocenters. The Bertz CT molecular complexity index is 542. The van der Waals surface area contributed by atoms with Crippen molar-refractivity contribution in [1.29, 1.82) is 0 Å². The summed E-state index contributed by atoms with van der Waals surface area (Å²) >= 11 is 0. The smallest absolute Gasteiger partial charge is 0.161 e. The predicted octanol–water partition coefficient (Wildman–Crippen LogP) is 2.39. The van der Waals surface area contributed by atoms with E-state index in [1.54, 1.807) is 31.4 Å². The van der Waals surface area contributed by atoms with Gasteiger partial charge in [-0.25, -0.2) is 0 Å². The zero-order valence-corrected chi connectivity index (χ0v) is 10.7. The summed E-state index contributed by atoms with van der Waals surface area (Å²) in [6.07, 6.45) is -0.772. The minimum Gasteiger partial charge on any atom is -0.493 e. The molecule has 19 heavy (non-hydrogen) atoms. The highest BCUT2D eigenvalue weighted by molar-refractivity contribution is 5.47. The minimum absolute atomic E-state index is 0.120. The molecule has 0 spiro atoms. The van der Waals surface area contributed by atoms with E-state index in [0.717, 1.165) is 0 Å². The van der Waals surface area contributed by atoms with E-state index in [1.165, 1.54) is 0 Å². The maximum Gasteiger partial charge on any atom is 0.161 e. The van der Waals surface area contributed by atoms with Crippen LogP contribution in [-0.2, 0) is 0 Å². The third kappa shape index (κ3) is 3.17. The molecule has 4 nitrogen and oxygen atoms in total. The van der Waals surface area contributed by atoms with Gasteiger partial charge in [0, 0.05) is 11.3 Å². The Kier molecular flexibility index (Phi) is 4.26. The number of aliphatic hydroxyl groups is 1. The summed E-state index contributed by atoms with van der Waals surface area (Å²) in [5.41, 5.74) is 7.02. The van der Waals surface area contributed by atoms with E-state index in [-0.39, 0.29) is 6.61 Å². The Labute approximate surface area is 112 Å². The van der Waals surface area contributed by atoms with Gasteiger partial charge in [0.25, 0.3) is 0 Å². The third-order valence-electron chi connectivity index (χ3n) is 2.82. The molecule has 2 rings (SSSR count). The number of methoxy groups -OCH3 is 1. The highest BCUT2D eigenvalue weighted by Crippen LogP contribution is 2.27. The Morgan fingerprint density at radius 3 is 2.37 bits per heavy atom. The molecule has 0 bridgehead atoms. The van der Waals surface area contributed by atoms with Crippen molar-refractivity contribution in [2.24, 2.45) is 0 Å². The fourth-order valence-electron chi connectivity index (χ4n) is 1.81. The van der Waals surface area contributed by atoms with Crippen molar-refractivity contribution in [3.05, 3.63) is 54.1 Å². The minimum atomic E-state index is -0.772. The molecule has 2 aromatic rings. The molecule has 1 atom stereocenters. The van der Waals surface area contributed by atoms with Crippen LogP contribution in [0.25, 0.3) is 0 Å². The molecule has 100 valence electrons. The van der Waals surface area contributed by atoms with Gasteiger partial charge in [0.2, 0.25) is 0 Å². The van der Waals surface area contributed by atoms with Crippen LogP contribution in [0, 0.1) is 0 Å². The molecule has 0 aromatic heterocycles. The molecule has 0 radical (unpaired) electrons. The molecule has 0 heterocycles. The fraction of sp³-hybridized carbons (Fsp3) is 0.200. The molecule has 0 aliphatic heterocycles. The van der Waals surface area contributed by atoms with Crippen molar-refractivity contribution in [2.75, 3.05) is 19.5 Å². The number of hydrogen-bond donors (Lipinski definition) is 2. The maximum absolute atomic E-state index is 10.1. The fourth-order valence-corrected chi connectivity index (χ4v) is 1.81. The topological polar surface area (TPSA) is 64.7 Å². The zero-order valence-electron chi connectivity index (χ0n) is 10.7. The van der Waals surface area contributed by atoms with Crippen LogP contribution in [0.3, 0.4) is 0 Å². The number of benzene rings is 2. The number of nitrogens with two attached hydrogens (primary N) is 1. The van der Waals surface area contributed by atoms with Gasteiger partial charge in [-0.3, -0.25) is 0 Å². The molecule has 0 aliphatic rings. The number of para-hydroxylation sites is 3. The van der Waals surface area contributed by atoms with Crippen LogP contribution in [0.1, 0.15) is 11.7 Å². The van der Waals surface area contributed by atoms with Crippen LogP contribution in [0.4, 0.5) is 5.69 Å². The molecule has 0 aliphatic carbocycles. The molecule has 4 heteroatoms. The Balaban J connectivity index is 2.04. The van der Waals surface area contributed by atoms with E-state index < -0.39 is 6.10 Å². The number of hydrogen-bond acceptors (Lipinski definition) is 4. The monoisotopic (exact) mass is 259 g/mol. The summed E-state index contributed by atoms with van der Waals surface area (Å²) in [4.78, 5) is 0. The van der Waals surface area contributed by atoms with Gasteiger partial charge in [-0.1, -0.05) is 30.3 Å². The summed E-state index contributed by atoms with van der Waals surface area (Å²) < 4.78 is 10.7. The maximum atomic E-state index is 10.1. The number of rotatable bonds is 5. The van der Waals surface area contributed by atoms with Crippen molar-refractivity contribution in [3.63, 3.8) is 0 Å². The highest BCUT2D eigenvalue weighted by Gasteiger charge is 2.12. The first-order valence-electron chi connectivity index (χ1n) is 6.00. The third-order valence-corrected chi connectivity index (χ3v) is 2.82. The first kappa shape index (κ1) is 13.2. The molecule has 0 amide bonds. The van der Waals surface area contributed by atoms with E-state index >= 15 is 0 Å². The molecule has 2 aromatic carbocycles. The van der Waals surface area contributed by atoms with Crippen LogP contribution >= 0.6 is 0 Å². The molecule has 3 N–H and O–H groups in total. The van der Waals surface area contributed by atoms with Gasteiger partial charge >= 0.3 is 0 Å². The van der Waals surface area contributed by atoms with Gasteiger partial charge in [-0.05, 0) is 18.2 Å². The number of ether oxygens (including phenoxy) is 2. The van der Waals surface area contributed by atoms with E-state index in [1.807, 2.05) is 24.3 Å². The van der Waals surface area contributed by atoms with Crippen LogP contribution in [0.5, 0.6) is 11.5 Å². The molecule has 0 fully saturated rings. The van der Waals surface area contributed by atoms with Gasteiger partial charge in [0.1, 0.15) is 12.7 Å². The molecule has 0 saturated heterocycles. The van der Waals surface area contributed by atoms with Crippen LogP contribution in [0.2, 0.25) is 0 Å². The standard InChI is InChI=1S/C15H17NO3/c1-18-14-8-4-5-9-15(14)19-10-13(17)11-6-2-3-7-12(11)16/h2-9,13,17H,10,16H2,1H3.